The highest BCUT2D eigenvalue weighted by atomic mass is 35.5. The standard InChI is InChI=1S/C24H21ClFN3O2/c25-19-7-5-18(6-8-19)23(30)27-21-9-11-22(12-10-21)29-14-2-13-28(24(29)31)16-17-3-1-4-20(26)15-17/h1,3-12,15H,2,13-14,16H2,(H,27,30). The maximum atomic E-state index is 13.5. The molecule has 1 saturated heterocycles. The average Bonchev–Trinajstić information content (AvgIpc) is 2.76. The second kappa shape index (κ2) is 9.18. The number of hydrogen-bond donors (Lipinski definition) is 1. The Morgan fingerprint density at radius 1 is 1.00 bits per heavy atom. The van der Waals surface area contributed by atoms with E-state index in [0.717, 1.165) is 17.7 Å². The molecular formula is C24H21ClFN3O2. The van der Waals surface area contributed by atoms with Crippen LogP contribution in [0.25, 0.3) is 0 Å². The SMILES string of the molecule is O=C(Nc1ccc(N2CCCN(Cc3cccc(F)c3)C2=O)cc1)c1ccc(Cl)cc1. The average molecular weight is 438 g/mol. The van der Waals surface area contributed by atoms with Crippen molar-refractivity contribution in [2.45, 2.75) is 13.0 Å². The molecule has 1 aliphatic rings. The number of carbonyl (C=O) groups is 2. The Hall–Kier alpha value is -3.38. The van der Waals surface area contributed by atoms with Crippen LogP contribution in [0.4, 0.5) is 20.6 Å². The Kier molecular flexibility index (Phi) is 6.18. The summed E-state index contributed by atoms with van der Waals surface area (Å²) in [5.41, 5.74) is 2.64. The fourth-order valence-electron chi connectivity index (χ4n) is 3.55. The van der Waals surface area contributed by atoms with Gasteiger partial charge in [0.25, 0.3) is 5.91 Å². The maximum Gasteiger partial charge on any atom is 0.324 e. The van der Waals surface area contributed by atoms with Crippen LogP contribution in [0.5, 0.6) is 0 Å². The van der Waals surface area contributed by atoms with Gasteiger partial charge in [-0.25, -0.2) is 9.18 Å². The zero-order chi connectivity index (χ0) is 21.8. The molecule has 0 bridgehead atoms. The molecule has 7 heteroatoms. The Bertz CT molecular complexity index is 1090. The van der Waals surface area contributed by atoms with Crippen LogP contribution in [0.15, 0.2) is 72.8 Å². The molecule has 4 rings (SSSR count). The first-order chi connectivity index (χ1) is 15.0. The zero-order valence-electron chi connectivity index (χ0n) is 16.7. The number of halogens is 2. The van der Waals surface area contributed by atoms with Gasteiger partial charge in [-0.15, -0.1) is 0 Å². The van der Waals surface area contributed by atoms with Gasteiger partial charge in [-0.1, -0.05) is 23.7 Å². The van der Waals surface area contributed by atoms with Gasteiger partial charge in [-0.3, -0.25) is 9.69 Å². The lowest BCUT2D eigenvalue weighted by Crippen LogP contribution is -2.49. The van der Waals surface area contributed by atoms with Crippen molar-refractivity contribution in [3.8, 4) is 0 Å². The van der Waals surface area contributed by atoms with Crippen LogP contribution in [0.1, 0.15) is 22.3 Å². The summed E-state index contributed by atoms with van der Waals surface area (Å²) in [6, 6.07) is 20.0. The van der Waals surface area contributed by atoms with Gasteiger partial charge in [-0.05, 0) is 72.6 Å². The Labute approximate surface area is 185 Å². The Balaban J connectivity index is 1.42. The fraction of sp³-hybridized carbons (Fsp3) is 0.167. The van der Waals surface area contributed by atoms with Crippen LogP contribution in [0.2, 0.25) is 5.02 Å². The van der Waals surface area contributed by atoms with Crippen LogP contribution in [0.3, 0.4) is 0 Å². The predicted molar refractivity (Wildman–Crippen MR) is 120 cm³/mol. The van der Waals surface area contributed by atoms with Gasteiger partial charge >= 0.3 is 6.03 Å². The summed E-state index contributed by atoms with van der Waals surface area (Å²) < 4.78 is 13.5. The van der Waals surface area contributed by atoms with Gasteiger partial charge in [0.2, 0.25) is 0 Å². The third-order valence-electron chi connectivity index (χ3n) is 5.12. The predicted octanol–water partition coefficient (Wildman–Crippen LogP) is 5.56. The fourth-order valence-corrected chi connectivity index (χ4v) is 3.68. The summed E-state index contributed by atoms with van der Waals surface area (Å²) in [5, 5.41) is 3.40. The van der Waals surface area contributed by atoms with Gasteiger partial charge < -0.3 is 10.2 Å². The van der Waals surface area contributed by atoms with Crippen LogP contribution in [-0.4, -0.2) is 29.9 Å². The molecule has 1 fully saturated rings. The van der Waals surface area contributed by atoms with Crippen LogP contribution in [0, 0.1) is 5.82 Å². The molecule has 0 aliphatic carbocycles. The zero-order valence-corrected chi connectivity index (χ0v) is 17.5. The number of urea groups is 1. The lowest BCUT2D eigenvalue weighted by atomic mass is 10.1. The third kappa shape index (κ3) is 5.03. The number of nitrogens with one attached hydrogen (secondary N) is 1. The van der Waals surface area contributed by atoms with Crippen molar-refractivity contribution in [1.82, 2.24) is 4.90 Å². The Morgan fingerprint density at radius 3 is 2.45 bits per heavy atom. The van der Waals surface area contributed by atoms with E-state index in [-0.39, 0.29) is 17.8 Å². The minimum atomic E-state index is -0.310. The number of carbonyl (C=O) groups excluding carboxylic acids is 2. The van der Waals surface area contributed by atoms with Crippen molar-refractivity contribution in [1.29, 1.82) is 0 Å². The molecule has 31 heavy (non-hydrogen) atoms. The van der Waals surface area contributed by atoms with Crippen molar-refractivity contribution in [3.05, 3.63) is 94.8 Å². The van der Waals surface area contributed by atoms with Crippen molar-refractivity contribution in [2.75, 3.05) is 23.3 Å². The molecule has 0 saturated carbocycles. The molecule has 5 nitrogen and oxygen atoms in total. The summed E-state index contributed by atoms with van der Waals surface area (Å²) in [7, 11) is 0. The molecule has 1 aliphatic heterocycles. The van der Waals surface area contributed by atoms with Crippen LogP contribution >= 0.6 is 11.6 Å². The van der Waals surface area contributed by atoms with Crippen molar-refractivity contribution >= 4 is 34.9 Å². The molecule has 3 aromatic rings. The van der Waals surface area contributed by atoms with Gasteiger partial charge in [0, 0.05) is 41.6 Å². The monoisotopic (exact) mass is 437 g/mol. The highest BCUT2D eigenvalue weighted by molar-refractivity contribution is 6.30. The number of nitrogens with zero attached hydrogens (tertiary/aromatic N) is 2. The van der Waals surface area contributed by atoms with E-state index in [1.54, 1.807) is 64.4 Å². The normalized spacial score (nSPS) is 13.9. The number of benzene rings is 3. The number of rotatable bonds is 5. The van der Waals surface area contributed by atoms with E-state index in [1.165, 1.54) is 12.1 Å². The molecule has 0 radical (unpaired) electrons. The summed E-state index contributed by atoms with van der Waals surface area (Å²) in [5.74, 6) is -0.546. The molecule has 1 heterocycles. The van der Waals surface area contributed by atoms with Gasteiger partial charge in [0.15, 0.2) is 0 Å². The summed E-state index contributed by atoms with van der Waals surface area (Å²) in [6.45, 7) is 1.60. The number of amides is 3. The molecule has 0 unspecified atom stereocenters. The second-order valence-electron chi connectivity index (χ2n) is 7.35. The second-order valence-corrected chi connectivity index (χ2v) is 7.78. The lowest BCUT2D eigenvalue weighted by molar-refractivity contribution is 0.102. The van der Waals surface area contributed by atoms with E-state index in [4.69, 9.17) is 11.6 Å². The minimum Gasteiger partial charge on any atom is -0.322 e. The summed E-state index contributed by atoms with van der Waals surface area (Å²) in [4.78, 5) is 28.7. The van der Waals surface area contributed by atoms with E-state index in [1.807, 2.05) is 6.07 Å². The molecule has 1 N–H and O–H groups in total. The van der Waals surface area contributed by atoms with Crippen molar-refractivity contribution < 1.29 is 14.0 Å². The molecule has 158 valence electrons. The molecule has 0 atom stereocenters. The highest BCUT2D eigenvalue weighted by Crippen LogP contribution is 2.24. The molecule has 0 aromatic heterocycles. The van der Waals surface area contributed by atoms with Gasteiger partial charge in [0.1, 0.15) is 5.82 Å². The van der Waals surface area contributed by atoms with Crippen molar-refractivity contribution in [2.24, 2.45) is 0 Å². The Morgan fingerprint density at radius 2 is 1.74 bits per heavy atom. The number of hydrogen-bond acceptors (Lipinski definition) is 2. The van der Waals surface area contributed by atoms with E-state index in [0.29, 0.717) is 35.9 Å². The third-order valence-corrected chi connectivity index (χ3v) is 5.37. The van der Waals surface area contributed by atoms with E-state index in [9.17, 15) is 14.0 Å². The van der Waals surface area contributed by atoms with E-state index in [2.05, 4.69) is 5.32 Å². The summed E-state index contributed by atoms with van der Waals surface area (Å²) in [6.07, 6.45) is 0.816. The lowest BCUT2D eigenvalue weighted by Gasteiger charge is -2.35. The van der Waals surface area contributed by atoms with Crippen molar-refractivity contribution in [3.63, 3.8) is 0 Å². The van der Waals surface area contributed by atoms with Crippen LogP contribution < -0.4 is 10.2 Å². The molecule has 3 aromatic carbocycles. The smallest absolute Gasteiger partial charge is 0.322 e. The minimum absolute atomic E-state index is 0.117. The highest BCUT2D eigenvalue weighted by Gasteiger charge is 2.26. The quantitative estimate of drug-likeness (QED) is 0.567. The first-order valence-electron chi connectivity index (χ1n) is 9.97. The van der Waals surface area contributed by atoms with Crippen LogP contribution in [-0.2, 0) is 6.54 Å². The first kappa shape index (κ1) is 20.9. The van der Waals surface area contributed by atoms with Gasteiger partial charge in [0.05, 0.1) is 0 Å². The maximum absolute atomic E-state index is 13.5. The number of anilines is 2. The largest absolute Gasteiger partial charge is 0.324 e. The molecule has 3 amide bonds. The molecular weight excluding hydrogens is 417 g/mol. The van der Waals surface area contributed by atoms with E-state index >= 15 is 0 Å². The molecule has 0 spiro atoms. The topological polar surface area (TPSA) is 52.7 Å². The first-order valence-corrected chi connectivity index (χ1v) is 10.4. The van der Waals surface area contributed by atoms with Gasteiger partial charge in [-0.2, -0.15) is 0 Å². The van der Waals surface area contributed by atoms with E-state index < -0.39 is 0 Å². The summed E-state index contributed by atoms with van der Waals surface area (Å²) >= 11 is 5.86.